The Balaban J connectivity index is 2.02. The highest BCUT2D eigenvalue weighted by atomic mass is 16.6. The van der Waals surface area contributed by atoms with E-state index in [-0.39, 0.29) is 11.7 Å². The van der Waals surface area contributed by atoms with Crippen LogP contribution in [0.5, 0.6) is 0 Å². The lowest BCUT2D eigenvalue weighted by Crippen LogP contribution is -2.27. The first kappa shape index (κ1) is 13.7. The molecule has 7 nitrogen and oxygen atoms in total. The van der Waals surface area contributed by atoms with Crippen molar-refractivity contribution in [2.24, 2.45) is 0 Å². The fourth-order valence-electron chi connectivity index (χ4n) is 2.80. The summed E-state index contributed by atoms with van der Waals surface area (Å²) in [4.78, 5) is 14.7. The van der Waals surface area contributed by atoms with Gasteiger partial charge < -0.3 is 5.11 Å². The van der Waals surface area contributed by atoms with Gasteiger partial charge in [-0.25, -0.2) is 0 Å². The van der Waals surface area contributed by atoms with E-state index in [0.717, 1.165) is 19.3 Å². The normalized spacial score (nSPS) is 22.1. The molecule has 2 aromatic heterocycles. The van der Waals surface area contributed by atoms with Gasteiger partial charge in [-0.3, -0.25) is 19.8 Å². The average molecular weight is 288 g/mol. The molecule has 2 aromatic rings. The molecule has 21 heavy (non-hydrogen) atoms. The molecule has 0 spiro atoms. The van der Waals surface area contributed by atoms with Gasteiger partial charge in [-0.1, -0.05) is 12.8 Å². The van der Waals surface area contributed by atoms with Gasteiger partial charge in [-0.05, 0) is 25.0 Å². The van der Waals surface area contributed by atoms with Crippen LogP contribution in [0.3, 0.4) is 0 Å². The van der Waals surface area contributed by atoms with Crippen molar-refractivity contribution in [3.05, 3.63) is 40.8 Å². The van der Waals surface area contributed by atoms with E-state index in [4.69, 9.17) is 0 Å². The smallest absolute Gasteiger partial charge is 0.314 e. The summed E-state index contributed by atoms with van der Waals surface area (Å²) < 4.78 is 1.55. The number of pyridine rings is 1. The van der Waals surface area contributed by atoms with Crippen molar-refractivity contribution < 1.29 is 10.0 Å². The van der Waals surface area contributed by atoms with Gasteiger partial charge in [0.15, 0.2) is 5.69 Å². The van der Waals surface area contributed by atoms with Crippen LogP contribution in [0.4, 0.5) is 5.69 Å². The molecule has 3 rings (SSSR count). The summed E-state index contributed by atoms with van der Waals surface area (Å²) in [5.41, 5.74) is 0.930. The van der Waals surface area contributed by atoms with E-state index in [0.29, 0.717) is 17.7 Å². The van der Waals surface area contributed by atoms with Crippen molar-refractivity contribution in [1.29, 1.82) is 0 Å². The Morgan fingerprint density at radius 1 is 1.29 bits per heavy atom. The third kappa shape index (κ3) is 2.64. The Morgan fingerprint density at radius 2 is 2.00 bits per heavy atom. The molecular weight excluding hydrogens is 272 g/mol. The lowest BCUT2D eigenvalue weighted by Gasteiger charge is -2.27. The highest BCUT2D eigenvalue weighted by Crippen LogP contribution is 2.33. The first-order valence-electron chi connectivity index (χ1n) is 6.99. The molecule has 1 fully saturated rings. The number of rotatable bonds is 3. The third-order valence-electron chi connectivity index (χ3n) is 3.90. The number of hydrogen-bond acceptors (Lipinski definition) is 5. The van der Waals surface area contributed by atoms with Crippen LogP contribution in [0.25, 0.3) is 11.3 Å². The first-order chi connectivity index (χ1) is 10.2. The Morgan fingerprint density at radius 3 is 2.67 bits per heavy atom. The molecule has 110 valence electrons. The van der Waals surface area contributed by atoms with Crippen LogP contribution in [0.1, 0.15) is 31.7 Å². The number of aliphatic hydroxyl groups is 1. The van der Waals surface area contributed by atoms with Crippen molar-refractivity contribution >= 4 is 5.69 Å². The molecule has 2 heterocycles. The van der Waals surface area contributed by atoms with E-state index in [1.54, 1.807) is 29.2 Å². The first-order valence-corrected chi connectivity index (χ1v) is 6.99. The Bertz CT molecular complexity index is 641. The van der Waals surface area contributed by atoms with Crippen molar-refractivity contribution in [3.63, 3.8) is 0 Å². The maximum atomic E-state index is 11.2. The van der Waals surface area contributed by atoms with Crippen LogP contribution in [-0.4, -0.2) is 30.9 Å². The van der Waals surface area contributed by atoms with Crippen LogP contribution < -0.4 is 0 Å². The van der Waals surface area contributed by atoms with Crippen molar-refractivity contribution in [3.8, 4) is 11.3 Å². The standard InChI is InChI=1S/C14H16N4O3/c19-13-4-2-1-3-11(13)17-9-12(18(20)21)14(16-17)10-5-7-15-8-6-10/h5-9,11,13,19H,1-4H2/t11-,13-/m0/s1. The van der Waals surface area contributed by atoms with Gasteiger partial charge in [0.05, 0.1) is 17.1 Å². The molecule has 2 atom stereocenters. The summed E-state index contributed by atoms with van der Waals surface area (Å²) in [5.74, 6) is 0. The minimum atomic E-state index is -0.497. The summed E-state index contributed by atoms with van der Waals surface area (Å²) in [5, 5.41) is 25.7. The molecule has 0 bridgehead atoms. The van der Waals surface area contributed by atoms with Gasteiger partial charge in [0, 0.05) is 18.0 Å². The highest BCUT2D eigenvalue weighted by molar-refractivity contribution is 5.68. The molecule has 1 aliphatic rings. The van der Waals surface area contributed by atoms with Gasteiger partial charge in [0.1, 0.15) is 6.20 Å². The van der Waals surface area contributed by atoms with Crippen molar-refractivity contribution in [2.75, 3.05) is 0 Å². The van der Waals surface area contributed by atoms with Gasteiger partial charge in [-0.15, -0.1) is 0 Å². The predicted molar refractivity (Wildman–Crippen MR) is 75.6 cm³/mol. The van der Waals surface area contributed by atoms with E-state index in [2.05, 4.69) is 10.1 Å². The van der Waals surface area contributed by atoms with Crippen LogP contribution in [0.15, 0.2) is 30.7 Å². The lowest BCUT2D eigenvalue weighted by atomic mass is 9.93. The molecule has 7 heteroatoms. The van der Waals surface area contributed by atoms with Crippen molar-refractivity contribution in [1.82, 2.24) is 14.8 Å². The molecule has 1 aliphatic carbocycles. The molecule has 0 radical (unpaired) electrons. The SMILES string of the molecule is O=[N+]([O-])c1cn([C@H]2CCCC[C@@H]2O)nc1-c1ccncc1. The van der Waals surface area contributed by atoms with E-state index in [9.17, 15) is 15.2 Å². The Hall–Kier alpha value is -2.28. The zero-order valence-corrected chi connectivity index (χ0v) is 11.4. The zero-order chi connectivity index (χ0) is 14.8. The molecular formula is C14H16N4O3. The number of hydrogen-bond donors (Lipinski definition) is 1. The average Bonchev–Trinajstić information content (AvgIpc) is 2.94. The van der Waals surface area contributed by atoms with E-state index >= 15 is 0 Å². The monoisotopic (exact) mass is 288 g/mol. The maximum Gasteiger partial charge on any atom is 0.314 e. The van der Waals surface area contributed by atoms with Gasteiger partial charge in [0.2, 0.25) is 0 Å². The highest BCUT2D eigenvalue weighted by Gasteiger charge is 2.29. The Labute approximate surface area is 121 Å². The number of nitrogens with zero attached hydrogens (tertiary/aromatic N) is 4. The van der Waals surface area contributed by atoms with E-state index in [1.807, 2.05) is 0 Å². The molecule has 0 unspecified atom stereocenters. The van der Waals surface area contributed by atoms with Gasteiger partial charge in [0.25, 0.3) is 0 Å². The molecule has 0 aromatic carbocycles. The fraction of sp³-hybridized carbons (Fsp3) is 0.429. The zero-order valence-electron chi connectivity index (χ0n) is 11.4. The minimum absolute atomic E-state index is 0.0426. The van der Waals surface area contributed by atoms with Crippen molar-refractivity contribution in [2.45, 2.75) is 37.8 Å². The molecule has 1 saturated carbocycles. The molecule has 0 saturated heterocycles. The summed E-state index contributed by atoms with van der Waals surface area (Å²) in [6.45, 7) is 0. The molecule has 0 aliphatic heterocycles. The molecule has 0 amide bonds. The second kappa shape index (κ2) is 5.61. The van der Waals surface area contributed by atoms with Crippen LogP contribution in [0.2, 0.25) is 0 Å². The van der Waals surface area contributed by atoms with E-state index in [1.165, 1.54) is 6.20 Å². The van der Waals surface area contributed by atoms with Crippen LogP contribution >= 0.6 is 0 Å². The maximum absolute atomic E-state index is 11.2. The van der Waals surface area contributed by atoms with Crippen LogP contribution in [-0.2, 0) is 0 Å². The third-order valence-corrected chi connectivity index (χ3v) is 3.90. The summed E-state index contributed by atoms with van der Waals surface area (Å²) >= 11 is 0. The number of aromatic nitrogens is 3. The Kier molecular flexibility index (Phi) is 3.66. The van der Waals surface area contributed by atoms with Crippen LogP contribution in [0, 0.1) is 10.1 Å². The number of aliphatic hydroxyl groups excluding tert-OH is 1. The topological polar surface area (TPSA) is 94.1 Å². The second-order valence-corrected chi connectivity index (χ2v) is 5.26. The fourth-order valence-corrected chi connectivity index (χ4v) is 2.80. The van der Waals surface area contributed by atoms with Gasteiger partial charge >= 0.3 is 5.69 Å². The molecule has 1 N–H and O–H groups in total. The quantitative estimate of drug-likeness (QED) is 0.691. The second-order valence-electron chi connectivity index (χ2n) is 5.26. The lowest BCUT2D eigenvalue weighted by molar-refractivity contribution is -0.384. The van der Waals surface area contributed by atoms with Gasteiger partial charge in [-0.2, -0.15) is 5.10 Å². The number of nitro groups is 1. The summed E-state index contributed by atoms with van der Waals surface area (Å²) in [7, 11) is 0. The van der Waals surface area contributed by atoms with E-state index < -0.39 is 11.0 Å². The predicted octanol–water partition coefficient (Wildman–Crippen LogP) is 2.33. The summed E-state index contributed by atoms with van der Waals surface area (Å²) in [6.07, 6.45) is 7.57. The minimum Gasteiger partial charge on any atom is -0.391 e. The largest absolute Gasteiger partial charge is 0.391 e. The summed E-state index contributed by atoms with van der Waals surface area (Å²) in [6, 6.07) is 3.20.